The number of amides is 1. The van der Waals surface area contributed by atoms with Crippen LogP contribution in [0, 0.1) is 6.92 Å². The third-order valence-electron chi connectivity index (χ3n) is 5.02. The van der Waals surface area contributed by atoms with Crippen LogP contribution in [0.3, 0.4) is 0 Å². The lowest BCUT2D eigenvalue weighted by molar-refractivity contribution is 0.0954. The van der Waals surface area contributed by atoms with Crippen LogP contribution in [-0.2, 0) is 12.8 Å². The van der Waals surface area contributed by atoms with Crippen molar-refractivity contribution >= 4 is 33.5 Å². The van der Waals surface area contributed by atoms with E-state index in [2.05, 4.69) is 41.7 Å². The third kappa shape index (κ3) is 4.44. The van der Waals surface area contributed by atoms with Crippen molar-refractivity contribution in [2.45, 2.75) is 19.8 Å². The number of thiophene rings is 1. The molecule has 4 aromatic rings. The van der Waals surface area contributed by atoms with Gasteiger partial charge >= 0.3 is 0 Å². The van der Waals surface area contributed by atoms with Gasteiger partial charge in [0.1, 0.15) is 0 Å². The third-order valence-corrected chi connectivity index (χ3v) is 6.22. The second-order valence-electron chi connectivity index (χ2n) is 6.93. The smallest absolute Gasteiger partial charge is 0.267 e. The highest BCUT2D eigenvalue weighted by molar-refractivity contribution is 7.20. The molecule has 0 fully saturated rings. The van der Waals surface area contributed by atoms with E-state index in [1.807, 2.05) is 54.6 Å². The van der Waals surface area contributed by atoms with Crippen LogP contribution < -0.4 is 5.43 Å². The highest BCUT2D eigenvalue weighted by Gasteiger charge is 2.11. The first-order valence-corrected chi connectivity index (χ1v) is 10.5. The minimum atomic E-state index is -0.177. The van der Waals surface area contributed by atoms with Crippen LogP contribution in [0.4, 0.5) is 0 Å². The van der Waals surface area contributed by atoms with Gasteiger partial charge in [0.25, 0.3) is 5.91 Å². The summed E-state index contributed by atoms with van der Waals surface area (Å²) in [5.41, 5.74) is 6.85. The molecule has 0 saturated carbocycles. The largest absolute Gasteiger partial charge is 0.271 e. The van der Waals surface area contributed by atoms with Gasteiger partial charge in [0.05, 0.1) is 11.1 Å². The average molecular weight is 399 g/mol. The summed E-state index contributed by atoms with van der Waals surface area (Å²) in [6, 6.07) is 26.3. The molecule has 1 heterocycles. The highest BCUT2D eigenvalue weighted by atomic mass is 32.1. The predicted octanol–water partition coefficient (Wildman–Crippen LogP) is 5.76. The van der Waals surface area contributed by atoms with E-state index in [0.717, 1.165) is 23.3 Å². The molecule has 0 radical (unpaired) electrons. The zero-order valence-electron chi connectivity index (χ0n) is 16.3. The normalized spacial score (nSPS) is 11.2. The van der Waals surface area contributed by atoms with Crippen LogP contribution in [0.1, 0.15) is 31.9 Å². The Hall–Kier alpha value is -3.24. The number of benzene rings is 3. The topological polar surface area (TPSA) is 41.5 Å². The molecule has 1 N–H and O–H groups in total. The van der Waals surface area contributed by atoms with E-state index in [0.29, 0.717) is 5.56 Å². The van der Waals surface area contributed by atoms with Crippen molar-refractivity contribution in [2.24, 2.45) is 5.10 Å². The number of nitrogens with one attached hydrogen (secondary N) is 1. The van der Waals surface area contributed by atoms with Gasteiger partial charge in [-0.2, -0.15) is 5.10 Å². The zero-order valence-corrected chi connectivity index (χ0v) is 17.1. The highest BCUT2D eigenvalue weighted by Crippen LogP contribution is 2.29. The molecule has 144 valence electrons. The maximum absolute atomic E-state index is 12.7. The van der Waals surface area contributed by atoms with Crippen LogP contribution in [0.15, 0.2) is 84.0 Å². The fourth-order valence-electron chi connectivity index (χ4n) is 3.41. The monoisotopic (exact) mass is 398 g/mol. The van der Waals surface area contributed by atoms with Gasteiger partial charge in [-0.3, -0.25) is 4.79 Å². The Morgan fingerprint density at radius 1 is 0.931 bits per heavy atom. The molecule has 4 rings (SSSR count). The van der Waals surface area contributed by atoms with Crippen molar-refractivity contribution in [3.8, 4) is 0 Å². The summed E-state index contributed by atoms with van der Waals surface area (Å²) in [4.78, 5) is 13.8. The Morgan fingerprint density at radius 2 is 1.66 bits per heavy atom. The summed E-state index contributed by atoms with van der Waals surface area (Å²) in [7, 11) is 0. The van der Waals surface area contributed by atoms with Gasteiger partial charge in [-0.25, -0.2) is 5.43 Å². The first-order valence-electron chi connectivity index (χ1n) is 9.66. The predicted molar refractivity (Wildman–Crippen MR) is 122 cm³/mol. The lowest BCUT2D eigenvalue weighted by atomic mass is 9.99. The summed E-state index contributed by atoms with van der Waals surface area (Å²) in [6.07, 6.45) is 3.45. The van der Waals surface area contributed by atoms with E-state index < -0.39 is 0 Å². The van der Waals surface area contributed by atoms with Gasteiger partial charge in [-0.1, -0.05) is 66.7 Å². The summed E-state index contributed by atoms with van der Waals surface area (Å²) in [5, 5.41) is 5.45. The molecule has 1 aromatic heterocycles. The van der Waals surface area contributed by atoms with Crippen molar-refractivity contribution < 1.29 is 4.79 Å². The van der Waals surface area contributed by atoms with Crippen LogP contribution in [0.5, 0.6) is 0 Å². The second-order valence-corrected chi connectivity index (χ2v) is 8.01. The number of carbonyl (C=O) groups is 1. The van der Waals surface area contributed by atoms with Crippen LogP contribution >= 0.6 is 11.3 Å². The maximum atomic E-state index is 12.7. The molecule has 0 saturated heterocycles. The van der Waals surface area contributed by atoms with E-state index >= 15 is 0 Å². The van der Waals surface area contributed by atoms with Crippen molar-refractivity contribution in [1.82, 2.24) is 5.43 Å². The number of hydrazone groups is 1. The molecule has 0 atom stereocenters. The van der Waals surface area contributed by atoms with Crippen LogP contribution in [0.25, 0.3) is 10.1 Å². The molecule has 0 spiro atoms. The summed E-state index contributed by atoms with van der Waals surface area (Å²) < 4.78 is 1.23. The first kappa shape index (κ1) is 19.1. The SMILES string of the molecule is Cc1c(/C=N/NC(=O)c2ccccc2CCc2ccccc2)sc2ccccc12. The Kier molecular flexibility index (Phi) is 5.82. The van der Waals surface area contributed by atoms with E-state index in [-0.39, 0.29) is 5.91 Å². The average Bonchev–Trinajstić information content (AvgIpc) is 3.09. The molecule has 3 aromatic carbocycles. The zero-order chi connectivity index (χ0) is 20.1. The van der Waals surface area contributed by atoms with Gasteiger partial charge in [0.2, 0.25) is 0 Å². The lowest BCUT2D eigenvalue weighted by Gasteiger charge is -2.08. The minimum Gasteiger partial charge on any atom is -0.267 e. The summed E-state index contributed by atoms with van der Waals surface area (Å²) >= 11 is 1.68. The number of hydrogen-bond donors (Lipinski definition) is 1. The number of nitrogens with zero attached hydrogens (tertiary/aromatic N) is 1. The summed E-state index contributed by atoms with van der Waals surface area (Å²) in [6.45, 7) is 2.08. The Balaban J connectivity index is 1.45. The van der Waals surface area contributed by atoms with E-state index in [1.54, 1.807) is 17.6 Å². The van der Waals surface area contributed by atoms with E-state index in [4.69, 9.17) is 0 Å². The van der Waals surface area contributed by atoms with Crippen molar-refractivity contribution in [3.63, 3.8) is 0 Å². The number of rotatable bonds is 6. The molecule has 0 aliphatic carbocycles. The van der Waals surface area contributed by atoms with E-state index in [1.165, 1.54) is 21.2 Å². The van der Waals surface area contributed by atoms with Gasteiger partial charge in [-0.05, 0) is 54.0 Å². The molecular formula is C25H22N2OS. The number of carbonyl (C=O) groups excluding carboxylic acids is 1. The standard InChI is InChI=1S/C25H22N2OS/c1-18-21-12-7-8-14-23(21)29-24(18)17-26-27-25(28)22-13-6-5-11-20(22)16-15-19-9-3-2-4-10-19/h2-14,17H,15-16H2,1H3,(H,27,28)/b26-17+. The Bertz CT molecular complexity index is 1160. The molecule has 0 aliphatic heterocycles. The van der Waals surface area contributed by atoms with Gasteiger partial charge in [0, 0.05) is 10.3 Å². The van der Waals surface area contributed by atoms with Crippen molar-refractivity contribution in [2.75, 3.05) is 0 Å². The number of aryl methyl sites for hydroxylation is 3. The fraction of sp³-hybridized carbons (Fsp3) is 0.120. The number of fused-ring (bicyclic) bond motifs is 1. The fourth-order valence-corrected chi connectivity index (χ4v) is 4.49. The maximum Gasteiger partial charge on any atom is 0.271 e. The van der Waals surface area contributed by atoms with Crippen molar-refractivity contribution in [3.05, 3.63) is 106 Å². The molecule has 29 heavy (non-hydrogen) atoms. The van der Waals surface area contributed by atoms with Crippen LogP contribution in [-0.4, -0.2) is 12.1 Å². The molecule has 3 nitrogen and oxygen atoms in total. The second kappa shape index (κ2) is 8.84. The van der Waals surface area contributed by atoms with Gasteiger partial charge < -0.3 is 0 Å². The minimum absolute atomic E-state index is 0.177. The summed E-state index contributed by atoms with van der Waals surface area (Å²) in [5.74, 6) is -0.177. The molecule has 1 amide bonds. The molecule has 0 aliphatic rings. The van der Waals surface area contributed by atoms with Gasteiger partial charge in [-0.15, -0.1) is 11.3 Å². The molecular weight excluding hydrogens is 376 g/mol. The lowest BCUT2D eigenvalue weighted by Crippen LogP contribution is -2.19. The van der Waals surface area contributed by atoms with Crippen molar-refractivity contribution in [1.29, 1.82) is 0 Å². The Labute approximate surface area is 174 Å². The van der Waals surface area contributed by atoms with E-state index in [9.17, 15) is 4.79 Å². The first-order chi connectivity index (χ1) is 14.2. The Morgan fingerprint density at radius 3 is 2.48 bits per heavy atom. The van der Waals surface area contributed by atoms with Crippen LogP contribution in [0.2, 0.25) is 0 Å². The molecule has 4 heteroatoms. The molecule has 0 bridgehead atoms. The number of hydrogen-bond acceptors (Lipinski definition) is 3. The molecule has 0 unspecified atom stereocenters. The quantitative estimate of drug-likeness (QED) is 0.326. The van der Waals surface area contributed by atoms with Gasteiger partial charge in [0.15, 0.2) is 0 Å².